The van der Waals surface area contributed by atoms with Gasteiger partial charge in [-0.2, -0.15) is 0 Å². The van der Waals surface area contributed by atoms with Gasteiger partial charge in [0.1, 0.15) is 5.69 Å². The molecule has 3 heteroatoms. The van der Waals surface area contributed by atoms with E-state index >= 15 is 0 Å². The number of rotatable bonds is 4. The summed E-state index contributed by atoms with van der Waals surface area (Å²) in [6.45, 7) is 10.3. The van der Waals surface area contributed by atoms with Crippen LogP contribution in [-0.4, -0.2) is 16.1 Å². The number of aromatic carboxylic acids is 1. The van der Waals surface area contributed by atoms with Crippen molar-refractivity contribution in [1.29, 1.82) is 0 Å². The third-order valence-electron chi connectivity index (χ3n) is 2.63. The summed E-state index contributed by atoms with van der Waals surface area (Å²) in [5, 5.41) is 10.8. The van der Waals surface area contributed by atoms with Crippen molar-refractivity contribution in [3.05, 3.63) is 22.3 Å². The first kappa shape index (κ1) is 16.5. The van der Waals surface area contributed by atoms with E-state index in [0.29, 0.717) is 5.92 Å². The van der Waals surface area contributed by atoms with E-state index in [1.165, 1.54) is 0 Å². The maximum Gasteiger partial charge on any atom is 0.352 e. The summed E-state index contributed by atoms with van der Waals surface area (Å²) in [6, 6.07) is 1.70. The van der Waals surface area contributed by atoms with Crippen LogP contribution in [0.1, 0.15) is 57.9 Å². The molecule has 0 aliphatic heterocycles. The van der Waals surface area contributed by atoms with Crippen LogP contribution in [0.25, 0.3) is 12.2 Å². The summed E-state index contributed by atoms with van der Waals surface area (Å²) in [4.78, 5) is 13.8. The summed E-state index contributed by atoms with van der Waals surface area (Å²) in [6.07, 6.45) is 6.07. The number of carboxylic acid groups (broad SMARTS) is 1. The van der Waals surface area contributed by atoms with Crippen molar-refractivity contribution in [2.24, 2.45) is 5.92 Å². The monoisotopic (exact) mass is 251 g/mol. The van der Waals surface area contributed by atoms with Gasteiger partial charge in [0, 0.05) is 5.35 Å². The molecule has 1 aromatic heterocycles. The van der Waals surface area contributed by atoms with Crippen LogP contribution in [-0.2, 0) is 0 Å². The molecule has 2 N–H and O–H groups in total. The predicted molar refractivity (Wildman–Crippen MR) is 77.0 cm³/mol. The Balaban J connectivity index is 0.00000137. The zero-order valence-electron chi connectivity index (χ0n) is 12.1. The van der Waals surface area contributed by atoms with Crippen molar-refractivity contribution in [1.82, 2.24) is 4.98 Å². The molecule has 0 aliphatic rings. The van der Waals surface area contributed by atoms with Gasteiger partial charge in [0.15, 0.2) is 0 Å². The van der Waals surface area contributed by atoms with Gasteiger partial charge in [0.05, 0.1) is 0 Å². The number of aromatic amines is 1. The normalized spacial score (nSPS) is 14.1. The van der Waals surface area contributed by atoms with Crippen molar-refractivity contribution in [3.8, 4) is 0 Å². The Kier molecular flexibility index (Phi) is 7.84. The van der Waals surface area contributed by atoms with E-state index in [4.69, 9.17) is 5.11 Å². The highest BCUT2D eigenvalue weighted by Gasteiger charge is 2.04. The van der Waals surface area contributed by atoms with Crippen LogP contribution in [0, 0.1) is 5.92 Å². The Labute approximate surface area is 109 Å². The molecule has 0 aliphatic carbocycles. The minimum absolute atomic E-state index is 0.259. The number of hydrogen-bond donors (Lipinski definition) is 2. The van der Waals surface area contributed by atoms with Crippen molar-refractivity contribution in [2.45, 2.75) is 47.5 Å². The van der Waals surface area contributed by atoms with Crippen molar-refractivity contribution < 1.29 is 9.90 Å². The van der Waals surface area contributed by atoms with Gasteiger partial charge in [0.25, 0.3) is 0 Å². The smallest absolute Gasteiger partial charge is 0.352 e. The average molecular weight is 251 g/mol. The molecule has 0 aromatic carbocycles. The molecule has 3 nitrogen and oxygen atoms in total. The van der Waals surface area contributed by atoms with Gasteiger partial charge in [-0.05, 0) is 23.6 Å². The fraction of sp³-hybridized carbons (Fsp3) is 0.533. The van der Waals surface area contributed by atoms with Crippen molar-refractivity contribution in [2.75, 3.05) is 0 Å². The molecule has 0 spiro atoms. The Bertz CT molecular complexity index is 471. The van der Waals surface area contributed by atoms with Crippen LogP contribution >= 0.6 is 0 Å². The quantitative estimate of drug-likeness (QED) is 0.864. The molecule has 18 heavy (non-hydrogen) atoms. The molecule has 0 amide bonds. The van der Waals surface area contributed by atoms with E-state index < -0.39 is 5.97 Å². The average Bonchev–Trinajstić information content (AvgIpc) is 2.75. The van der Waals surface area contributed by atoms with E-state index in [0.717, 1.165) is 23.4 Å². The van der Waals surface area contributed by atoms with Gasteiger partial charge < -0.3 is 10.1 Å². The predicted octanol–water partition coefficient (Wildman–Crippen LogP) is 2.76. The third-order valence-corrected chi connectivity index (χ3v) is 2.63. The molecule has 102 valence electrons. The number of carboxylic acids is 1. The summed E-state index contributed by atoms with van der Waals surface area (Å²) >= 11 is 0. The molecular formula is C15H25NO2. The van der Waals surface area contributed by atoms with Gasteiger partial charge in [-0.1, -0.05) is 53.2 Å². The third kappa shape index (κ3) is 4.78. The fourth-order valence-corrected chi connectivity index (χ4v) is 1.54. The first-order valence-electron chi connectivity index (χ1n) is 6.72. The molecule has 0 bridgehead atoms. The summed E-state index contributed by atoms with van der Waals surface area (Å²) in [5.74, 6) is -0.448. The summed E-state index contributed by atoms with van der Waals surface area (Å²) in [5.41, 5.74) is 0.259. The lowest BCUT2D eigenvalue weighted by atomic mass is 10.1. The van der Waals surface area contributed by atoms with E-state index in [-0.39, 0.29) is 5.69 Å². The maximum absolute atomic E-state index is 10.9. The van der Waals surface area contributed by atoms with Crippen LogP contribution in [0.4, 0.5) is 0 Å². The van der Waals surface area contributed by atoms with Crippen LogP contribution in [0.5, 0.6) is 0 Å². The second kappa shape index (κ2) is 8.56. The molecule has 0 saturated heterocycles. The molecule has 0 radical (unpaired) electrons. The first-order valence-corrected chi connectivity index (χ1v) is 6.72. The van der Waals surface area contributed by atoms with Crippen LogP contribution in [0.3, 0.4) is 0 Å². The lowest BCUT2D eigenvalue weighted by Gasteiger charge is -1.97. The Morgan fingerprint density at radius 3 is 2.50 bits per heavy atom. The number of nitrogens with one attached hydrogen (secondary N) is 1. The molecule has 0 saturated carbocycles. The lowest BCUT2D eigenvalue weighted by Crippen LogP contribution is -2.23. The fourth-order valence-electron chi connectivity index (χ4n) is 1.54. The summed E-state index contributed by atoms with van der Waals surface area (Å²) in [7, 11) is 0. The minimum atomic E-state index is -0.908. The molecule has 1 unspecified atom stereocenters. The number of H-pyrrole nitrogens is 1. The lowest BCUT2D eigenvalue weighted by molar-refractivity contribution is 0.0691. The highest BCUT2D eigenvalue weighted by atomic mass is 16.4. The largest absolute Gasteiger partial charge is 0.477 e. The molecule has 1 aromatic rings. The van der Waals surface area contributed by atoms with E-state index in [1.54, 1.807) is 6.07 Å². The Morgan fingerprint density at radius 1 is 1.44 bits per heavy atom. The van der Waals surface area contributed by atoms with E-state index in [9.17, 15) is 4.79 Å². The SMILES string of the molecule is CC.CC/C=c1/[nH]c(C(=O)O)c/c1=C/C(C)CC. The Hall–Kier alpha value is -1.51. The molecule has 1 atom stereocenters. The van der Waals surface area contributed by atoms with Gasteiger partial charge >= 0.3 is 5.97 Å². The zero-order valence-corrected chi connectivity index (χ0v) is 12.1. The van der Waals surface area contributed by atoms with Crippen molar-refractivity contribution >= 4 is 18.1 Å². The minimum Gasteiger partial charge on any atom is -0.477 e. The molecule has 0 fully saturated rings. The number of aromatic nitrogens is 1. The van der Waals surface area contributed by atoms with E-state index in [1.807, 2.05) is 26.8 Å². The first-order chi connectivity index (χ1) is 8.58. The van der Waals surface area contributed by atoms with Gasteiger partial charge in [-0.3, -0.25) is 0 Å². The second-order valence-electron chi connectivity index (χ2n) is 4.02. The molecule has 1 heterocycles. The van der Waals surface area contributed by atoms with Gasteiger partial charge in [-0.25, -0.2) is 4.79 Å². The van der Waals surface area contributed by atoms with E-state index in [2.05, 4.69) is 24.9 Å². The number of carbonyl (C=O) groups is 1. The number of hydrogen-bond acceptors (Lipinski definition) is 1. The van der Waals surface area contributed by atoms with Gasteiger partial charge in [0.2, 0.25) is 0 Å². The van der Waals surface area contributed by atoms with Crippen LogP contribution < -0.4 is 10.6 Å². The Morgan fingerprint density at radius 2 is 2.06 bits per heavy atom. The van der Waals surface area contributed by atoms with Crippen LogP contribution in [0.2, 0.25) is 0 Å². The zero-order chi connectivity index (χ0) is 14.1. The summed E-state index contributed by atoms with van der Waals surface area (Å²) < 4.78 is 0. The molecular weight excluding hydrogens is 226 g/mol. The second-order valence-corrected chi connectivity index (χ2v) is 4.02. The standard InChI is InChI=1S/C13H19NO2.C2H6/c1-4-6-11-10(7-9(3)5-2)8-12(14-11)13(15)16;1-2/h6-9,14H,4-5H2,1-3H3,(H,15,16);1-2H3/b10-7-,11-6+;. The topological polar surface area (TPSA) is 53.1 Å². The van der Waals surface area contributed by atoms with Crippen molar-refractivity contribution in [3.63, 3.8) is 0 Å². The maximum atomic E-state index is 10.9. The van der Waals surface area contributed by atoms with Crippen LogP contribution in [0.15, 0.2) is 6.07 Å². The molecule has 1 rings (SSSR count). The highest BCUT2D eigenvalue weighted by molar-refractivity contribution is 5.85. The van der Waals surface area contributed by atoms with Gasteiger partial charge in [-0.15, -0.1) is 0 Å². The highest BCUT2D eigenvalue weighted by Crippen LogP contribution is 2.00.